The van der Waals surface area contributed by atoms with Crippen molar-refractivity contribution in [1.29, 1.82) is 0 Å². The summed E-state index contributed by atoms with van der Waals surface area (Å²) in [4.78, 5) is 15.5. The molecular formula is C10H10N2O2. The molecule has 2 N–H and O–H groups in total. The summed E-state index contributed by atoms with van der Waals surface area (Å²) in [6, 6.07) is 7.34. The second-order valence-corrected chi connectivity index (χ2v) is 3.00. The summed E-state index contributed by atoms with van der Waals surface area (Å²) in [5.41, 5.74) is 6.13. The highest BCUT2D eigenvalue weighted by Crippen LogP contribution is 2.05. The van der Waals surface area contributed by atoms with E-state index in [9.17, 15) is 4.79 Å². The minimum atomic E-state index is -0.597. The molecule has 0 aromatic heterocycles. The van der Waals surface area contributed by atoms with Crippen LogP contribution >= 0.6 is 0 Å². The van der Waals surface area contributed by atoms with E-state index in [0.717, 1.165) is 10.6 Å². The molecule has 1 aliphatic rings. The first-order valence-electron chi connectivity index (χ1n) is 4.25. The number of fused-ring (bicyclic) bond motifs is 1. The monoisotopic (exact) mass is 190 g/mol. The van der Waals surface area contributed by atoms with Crippen molar-refractivity contribution in [3.8, 4) is 0 Å². The van der Waals surface area contributed by atoms with E-state index in [2.05, 4.69) is 9.73 Å². The molecule has 4 nitrogen and oxygen atoms in total. The van der Waals surface area contributed by atoms with Crippen LogP contribution in [-0.2, 0) is 9.53 Å². The van der Waals surface area contributed by atoms with Crippen LogP contribution in [0.2, 0.25) is 0 Å². The van der Waals surface area contributed by atoms with Crippen molar-refractivity contribution in [2.45, 2.75) is 6.17 Å². The Labute approximate surface area is 80.7 Å². The topological polar surface area (TPSA) is 64.7 Å². The number of hydrogen-bond acceptors (Lipinski definition) is 4. The lowest BCUT2D eigenvalue weighted by Crippen LogP contribution is -2.28. The Kier molecular flexibility index (Phi) is 2.05. The van der Waals surface area contributed by atoms with Gasteiger partial charge in [0.1, 0.15) is 6.17 Å². The molecule has 1 heterocycles. The number of nitrogens with two attached hydrogens (primary N) is 1. The van der Waals surface area contributed by atoms with Gasteiger partial charge in [0.15, 0.2) is 0 Å². The van der Waals surface area contributed by atoms with E-state index in [1.807, 2.05) is 24.3 Å². The van der Waals surface area contributed by atoms with E-state index >= 15 is 0 Å². The number of carbonyl (C=O) groups is 1. The maximum absolute atomic E-state index is 11.4. The second-order valence-electron chi connectivity index (χ2n) is 3.00. The summed E-state index contributed by atoms with van der Waals surface area (Å²) in [5, 5.41) is 1.52. The van der Waals surface area contributed by atoms with Gasteiger partial charge in [0.05, 0.1) is 18.0 Å². The Balaban J connectivity index is 2.72. The Bertz CT molecular complexity index is 493. The first kappa shape index (κ1) is 8.90. The molecule has 0 spiro atoms. The minimum absolute atomic E-state index is 0.411. The van der Waals surface area contributed by atoms with E-state index in [0.29, 0.717) is 5.57 Å². The smallest absolute Gasteiger partial charge is 0.337 e. The Morgan fingerprint density at radius 1 is 1.50 bits per heavy atom. The number of para-hydroxylation sites is 1. The Morgan fingerprint density at radius 3 is 2.93 bits per heavy atom. The third-order valence-corrected chi connectivity index (χ3v) is 2.17. The molecule has 0 radical (unpaired) electrons. The molecule has 72 valence electrons. The van der Waals surface area contributed by atoms with Crippen LogP contribution in [0.15, 0.2) is 29.3 Å². The van der Waals surface area contributed by atoms with E-state index in [-0.39, 0.29) is 0 Å². The first-order valence-corrected chi connectivity index (χ1v) is 4.25. The molecule has 14 heavy (non-hydrogen) atoms. The van der Waals surface area contributed by atoms with Crippen molar-refractivity contribution < 1.29 is 9.53 Å². The molecule has 1 aromatic rings. The molecular weight excluding hydrogens is 180 g/mol. The highest BCUT2D eigenvalue weighted by Gasteiger charge is 2.22. The van der Waals surface area contributed by atoms with Crippen LogP contribution in [0.1, 0.15) is 0 Å². The van der Waals surface area contributed by atoms with Crippen molar-refractivity contribution in [1.82, 2.24) is 0 Å². The lowest BCUT2D eigenvalue weighted by atomic mass is 10.1. The van der Waals surface area contributed by atoms with Crippen LogP contribution in [0.4, 0.5) is 0 Å². The predicted molar refractivity (Wildman–Crippen MR) is 50.6 cm³/mol. The summed E-state index contributed by atoms with van der Waals surface area (Å²) < 4.78 is 4.65. The van der Waals surface area contributed by atoms with E-state index in [1.54, 1.807) is 0 Å². The lowest BCUT2D eigenvalue weighted by molar-refractivity contribution is -0.134. The molecule has 0 unspecified atom stereocenters. The molecule has 0 amide bonds. The quantitative estimate of drug-likeness (QED) is 0.573. The first-order chi connectivity index (χ1) is 6.74. The number of benzene rings is 1. The molecule has 0 saturated carbocycles. The Morgan fingerprint density at radius 2 is 2.21 bits per heavy atom. The van der Waals surface area contributed by atoms with Crippen LogP contribution in [0.5, 0.6) is 0 Å². The van der Waals surface area contributed by atoms with Gasteiger partial charge in [-0.2, -0.15) is 0 Å². The average Bonchev–Trinajstić information content (AvgIpc) is 2.53. The number of esters is 1. The summed E-state index contributed by atoms with van der Waals surface area (Å²) >= 11 is 0. The zero-order valence-corrected chi connectivity index (χ0v) is 7.73. The number of methoxy groups -OCH3 is 1. The van der Waals surface area contributed by atoms with E-state index in [4.69, 9.17) is 5.73 Å². The summed E-state index contributed by atoms with van der Waals surface area (Å²) in [7, 11) is 1.34. The van der Waals surface area contributed by atoms with Gasteiger partial charge in [0, 0.05) is 5.22 Å². The number of carbonyl (C=O) groups excluding carboxylic acids is 1. The van der Waals surface area contributed by atoms with Gasteiger partial charge in [0.25, 0.3) is 0 Å². The van der Waals surface area contributed by atoms with Gasteiger partial charge < -0.3 is 10.5 Å². The van der Waals surface area contributed by atoms with Gasteiger partial charge >= 0.3 is 5.97 Å². The molecule has 0 aliphatic carbocycles. The van der Waals surface area contributed by atoms with Crippen LogP contribution in [0, 0.1) is 0 Å². The van der Waals surface area contributed by atoms with Crippen LogP contribution in [-0.4, -0.2) is 19.2 Å². The van der Waals surface area contributed by atoms with E-state index in [1.165, 1.54) is 7.11 Å². The van der Waals surface area contributed by atoms with Crippen molar-refractivity contribution in [3.05, 3.63) is 34.8 Å². The number of rotatable bonds is 1. The molecule has 0 saturated heterocycles. The number of ether oxygens (including phenoxy) is 1. The maximum atomic E-state index is 11.4. The average molecular weight is 190 g/mol. The van der Waals surface area contributed by atoms with Crippen molar-refractivity contribution in [2.24, 2.45) is 10.7 Å². The fraction of sp³-hybridized carbons (Fsp3) is 0.200. The zero-order valence-electron chi connectivity index (χ0n) is 7.73. The highest BCUT2D eigenvalue weighted by molar-refractivity contribution is 6.11. The molecule has 0 bridgehead atoms. The summed E-state index contributed by atoms with van der Waals surface area (Å²) in [5.74, 6) is -0.411. The number of nitrogens with zero attached hydrogens (tertiary/aromatic N) is 1. The normalized spacial score (nSPS) is 18.7. The van der Waals surface area contributed by atoms with Gasteiger partial charge in [-0.1, -0.05) is 18.2 Å². The lowest BCUT2D eigenvalue weighted by Gasteiger charge is -2.04. The third kappa shape index (κ3) is 1.20. The van der Waals surface area contributed by atoms with Gasteiger partial charge in [-0.25, -0.2) is 4.79 Å². The summed E-state index contributed by atoms with van der Waals surface area (Å²) in [6.07, 6.45) is -0.597. The SMILES string of the molecule is COC(=O)C1=c2ccccc2=N[C@H]1N. The zero-order chi connectivity index (χ0) is 10.1. The van der Waals surface area contributed by atoms with Crippen molar-refractivity contribution >= 4 is 11.5 Å². The standard InChI is InChI=1S/C10H10N2O2/c1-14-10(13)8-6-4-2-3-5-7(6)12-9(8)11/h2-5,9H,11H2,1H3/t9-/m1/s1. The molecule has 0 fully saturated rings. The van der Waals surface area contributed by atoms with Crippen molar-refractivity contribution in [3.63, 3.8) is 0 Å². The third-order valence-electron chi connectivity index (χ3n) is 2.17. The van der Waals surface area contributed by atoms with Gasteiger partial charge in [-0.05, 0) is 6.07 Å². The molecule has 2 rings (SSSR count). The van der Waals surface area contributed by atoms with E-state index < -0.39 is 12.1 Å². The van der Waals surface area contributed by atoms with Crippen LogP contribution in [0.3, 0.4) is 0 Å². The summed E-state index contributed by atoms with van der Waals surface area (Å²) in [6.45, 7) is 0. The largest absolute Gasteiger partial charge is 0.466 e. The molecule has 4 heteroatoms. The fourth-order valence-electron chi connectivity index (χ4n) is 1.53. The highest BCUT2D eigenvalue weighted by atomic mass is 16.5. The number of hydrogen-bond donors (Lipinski definition) is 1. The predicted octanol–water partition coefficient (Wildman–Crippen LogP) is -1.07. The molecule has 1 aromatic carbocycles. The van der Waals surface area contributed by atoms with Crippen LogP contribution in [0.25, 0.3) is 5.57 Å². The fourth-order valence-corrected chi connectivity index (χ4v) is 1.53. The second kappa shape index (κ2) is 3.23. The molecule has 1 atom stereocenters. The van der Waals surface area contributed by atoms with Crippen LogP contribution < -0.4 is 16.3 Å². The minimum Gasteiger partial charge on any atom is -0.466 e. The maximum Gasteiger partial charge on any atom is 0.337 e. The van der Waals surface area contributed by atoms with Gasteiger partial charge in [0.2, 0.25) is 0 Å². The van der Waals surface area contributed by atoms with Crippen molar-refractivity contribution in [2.75, 3.05) is 7.11 Å². The Hall–Kier alpha value is -1.68. The molecule has 1 aliphatic heterocycles. The van der Waals surface area contributed by atoms with Gasteiger partial charge in [-0.3, -0.25) is 4.99 Å². The van der Waals surface area contributed by atoms with Gasteiger partial charge in [-0.15, -0.1) is 0 Å².